The zero-order chi connectivity index (χ0) is 18.8. The molecule has 0 amide bonds. The van der Waals surface area contributed by atoms with Gasteiger partial charge < -0.3 is 16.4 Å². The number of hydrogen-bond donors (Lipinski definition) is 3. The summed E-state index contributed by atoms with van der Waals surface area (Å²) in [7, 11) is 0. The van der Waals surface area contributed by atoms with Crippen LogP contribution in [-0.2, 0) is 0 Å². The summed E-state index contributed by atoms with van der Waals surface area (Å²) in [6.45, 7) is 3.94. The number of fused-ring (bicyclic) bond motifs is 1. The molecule has 0 spiro atoms. The van der Waals surface area contributed by atoms with Crippen LogP contribution in [0, 0.1) is 13.8 Å². The van der Waals surface area contributed by atoms with Crippen molar-refractivity contribution in [3.8, 4) is 0 Å². The lowest BCUT2D eigenvalue weighted by molar-refractivity contribution is 1.15. The number of aryl methyl sites for hydroxylation is 2. The minimum atomic E-state index is 0.416. The van der Waals surface area contributed by atoms with Gasteiger partial charge in [-0.3, -0.25) is 4.98 Å². The van der Waals surface area contributed by atoms with Crippen molar-refractivity contribution in [1.29, 1.82) is 0 Å². The minimum Gasteiger partial charge on any atom is -0.393 e. The van der Waals surface area contributed by atoms with E-state index in [9.17, 15) is 0 Å². The SMILES string of the molecule is Cc1ccc2c(Nc3ncnc(Nc4ncccc4C)c3N)cccc2n1. The van der Waals surface area contributed by atoms with Gasteiger partial charge in [0.25, 0.3) is 0 Å². The van der Waals surface area contributed by atoms with E-state index in [1.807, 2.05) is 56.3 Å². The van der Waals surface area contributed by atoms with E-state index in [1.165, 1.54) is 6.33 Å². The molecular formula is C20H19N7. The average Bonchev–Trinajstić information content (AvgIpc) is 2.66. The molecule has 134 valence electrons. The molecule has 1 aromatic carbocycles. The third kappa shape index (κ3) is 3.35. The molecule has 0 atom stereocenters. The maximum absolute atomic E-state index is 6.30. The molecule has 27 heavy (non-hydrogen) atoms. The highest BCUT2D eigenvalue weighted by Gasteiger charge is 2.11. The molecule has 0 unspecified atom stereocenters. The van der Waals surface area contributed by atoms with Gasteiger partial charge in [-0.25, -0.2) is 15.0 Å². The monoisotopic (exact) mass is 357 g/mol. The third-order valence-corrected chi connectivity index (χ3v) is 4.25. The third-order valence-electron chi connectivity index (χ3n) is 4.25. The van der Waals surface area contributed by atoms with E-state index < -0.39 is 0 Å². The van der Waals surface area contributed by atoms with Crippen molar-refractivity contribution >= 4 is 39.7 Å². The number of nitrogens with two attached hydrogens (primary N) is 1. The highest BCUT2D eigenvalue weighted by molar-refractivity contribution is 5.94. The number of benzene rings is 1. The van der Waals surface area contributed by atoms with Crippen LogP contribution in [0.25, 0.3) is 10.9 Å². The molecule has 3 aromatic heterocycles. The fourth-order valence-electron chi connectivity index (χ4n) is 2.82. The van der Waals surface area contributed by atoms with E-state index in [1.54, 1.807) is 6.20 Å². The molecule has 0 aliphatic rings. The molecule has 4 rings (SSSR count). The van der Waals surface area contributed by atoms with Gasteiger partial charge in [-0.05, 0) is 49.7 Å². The number of aromatic nitrogens is 4. The summed E-state index contributed by atoms with van der Waals surface area (Å²) in [6.07, 6.45) is 3.18. The number of nitrogen functional groups attached to an aromatic ring is 1. The fourth-order valence-corrected chi connectivity index (χ4v) is 2.82. The summed E-state index contributed by atoms with van der Waals surface area (Å²) in [4.78, 5) is 17.4. The number of nitrogens with one attached hydrogen (secondary N) is 2. The average molecular weight is 357 g/mol. The lowest BCUT2D eigenvalue weighted by atomic mass is 10.1. The van der Waals surface area contributed by atoms with E-state index in [-0.39, 0.29) is 0 Å². The van der Waals surface area contributed by atoms with Crippen molar-refractivity contribution in [2.45, 2.75) is 13.8 Å². The summed E-state index contributed by atoms with van der Waals surface area (Å²) < 4.78 is 0. The van der Waals surface area contributed by atoms with Gasteiger partial charge in [0.05, 0.1) is 5.52 Å². The van der Waals surface area contributed by atoms with Crippen LogP contribution in [0.5, 0.6) is 0 Å². The number of hydrogen-bond acceptors (Lipinski definition) is 7. The quantitative estimate of drug-likeness (QED) is 0.505. The van der Waals surface area contributed by atoms with E-state index in [2.05, 4.69) is 30.6 Å². The van der Waals surface area contributed by atoms with Crippen molar-refractivity contribution < 1.29 is 0 Å². The Hall–Kier alpha value is -3.74. The van der Waals surface area contributed by atoms with Crippen LogP contribution >= 0.6 is 0 Å². The normalized spacial score (nSPS) is 10.7. The fraction of sp³-hybridized carbons (Fsp3) is 0.100. The van der Waals surface area contributed by atoms with Crippen molar-refractivity contribution in [3.63, 3.8) is 0 Å². The van der Waals surface area contributed by atoms with E-state index >= 15 is 0 Å². The molecule has 7 nitrogen and oxygen atoms in total. The molecule has 0 aliphatic carbocycles. The molecule has 0 aliphatic heterocycles. The lowest BCUT2D eigenvalue weighted by Crippen LogP contribution is -2.06. The standard InChI is InChI=1S/C20H19N7/c1-12-5-4-10-22-18(12)27-20-17(21)19(23-11-24-20)26-16-7-3-6-15-14(16)9-8-13(2)25-15/h3-11H,21H2,1-2H3,(H2,22,23,24,26,27). The lowest BCUT2D eigenvalue weighted by Gasteiger charge is -2.14. The second-order valence-electron chi connectivity index (χ2n) is 6.23. The van der Waals surface area contributed by atoms with Crippen molar-refractivity contribution in [3.05, 3.63) is 66.2 Å². The van der Waals surface area contributed by atoms with Crippen LogP contribution in [0.4, 0.5) is 28.8 Å². The predicted molar refractivity (Wildman–Crippen MR) is 108 cm³/mol. The molecule has 0 bridgehead atoms. The van der Waals surface area contributed by atoms with Crippen molar-refractivity contribution in [1.82, 2.24) is 19.9 Å². The van der Waals surface area contributed by atoms with E-state index in [0.29, 0.717) is 23.1 Å². The summed E-state index contributed by atoms with van der Waals surface area (Å²) in [5.74, 6) is 1.73. The molecular weight excluding hydrogens is 338 g/mol. The Balaban J connectivity index is 1.69. The molecule has 0 radical (unpaired) electrons. The Morgan fingerprint density at radius 1 is 0.815 bits per heavy atom. The van der Waals surface area contributed by atoms with Crippen LogP contribution in [-0.4, -0.2) is 19.9 Å². The Bertz CT molecular complexity index is 1120. The molecule has 0 saturated heterocycles. The first kappa shape index (κ1) is 16.7. The molecule has 4 N–H and O–H groups in total. The van der Waals surface area contributed by atoms with Gasteiger partial charge in [0.15, 0.2) is 11.6 Å². The first-order chi connectivity index (χ1) is 13.1. The van der Waals surface area contributed by atoms with Crippen molar-refractivity contribution in [2.75, 3.05) is 16.4 Å². The number of pyridine rings is 2. The van der Waals surface area contributed by atoms with Crippen LogP contribution < -0.4 is 16.4 Å². The largest absolute Gasteiger partial charge is 0.393 e. The van der Waals surface area contributed by atoms with Gasteiger partial charge in [0.2, 0.25) is 0 Å². The Kier molecular flexibility index (Phi) is 4.25. The van der Waals surface area contributed by atoms with Gasteiger partial charge in [0.1, 0.15) is 17.8 Å². The smallest absolute Gasteiger partial charge is 0.160 e. The van der Waals surface area contributed by atoms with Gasteiger partial charge in [0, 0.05) is 23.0 Å². The van der Waals surface area contributed by atoms with Gasteiger partial charge in [-0.2, -0.15) is 0 Å². The van der Waals surface area contributed by atoms with Gasteiger partial charge >= 0.3 is 0 Å². The predicted octanol–water partition coefficient (Wildman–Crippen LogP) is 4.11. The Labute approximate surface area is 156 Å². The minimum absolute atomic E-state index is 0.416. The topological polar surface area (TPSA) is 102 Å². The zero-order valence-electron chi connectivity index (χ0n) is 15.1. The van der Waals surface area contributed by atoms with Gasteiger partial charge in [-0.1, -0.05) is 12.1 Å². The number of anilines is 5. The summed E-state index contributed by atoms with van der Waals surface area (Å²) in [5.41, 5.74) is 10.5. The molecule has 3 heterocycles. The van der Waals surface area contributed by atoms with E-state index in [4.69, 9.17) is 5.73 Å². The van der Waals surface area contributed by atoms with Crippen molar-refractivity contribution in [2.24, 2.45) is 0 Å². The second kappa shape index (κ2) is 6.87. The van der Waals surface area contributed by atoms with Crippen LogP contribution in [0.2, 0.25) is 0 Å². The second-order valence-corrected chi connectivity index (χ2v) is 6.23. The van der Waals surface area contributed by atoms with Gasteiger partial charge in [-0.15, -0.1) is 0 Å². The highest BCUT2D eigenvalue weighted by Crippen LogP contribution is 2.31. The van der Waals surface area contributed by atoms with Crippen LogP contribution in [0.3, 0.4) is 0 Å². The summed E-state index contributed by atoms with van der Waals surface area (Å²) >= 11 is 0. The first-order valence-electron chi connectivity index (χ1n) is 8.54. The first-order valence-corrected chi connectivity index (χ1v) is 8.54. The summed E-state index contributed by atoms with van der Waals surface area (Å²) in [5, 5.41) is 7.47. The molecule has 0 fully saturated rings. The number of nitrogens with zero attached hydrogens (tertiary/aromatic N) is 4. The summed E-state index contributed by atoms with van der Waals surface area (Å²) in [6, 6.07) is 13.8. The Morgan fingerprint density at radius 3 is 2.44 bits per heavy atom. The highest BCUT2D eigenvalue weighted by atomic mass is 15.1. The molecule has 7 heteroatoms. The Morgan fingerprint density at radius 2 is 1.63 bits per heavy atom. The maximum atomic E-state index is 6.30. The molecule has 0 saturated carbocycles. The van der Waals surface area contributed by atoms with Crippen LogP contribution in [0.1, 0.15) is 11.3 Å². The number of rotatable bonds is 4. The molecule has 4 aromatic rings. The zero-order valence-corrected chi connectivity index (χ0v) is 15.1. The van der Waals surface area contributed by atoms with Crippen LogP contribution in [0.15, 0.2) is 55.0 Å². The maximum Gasteiger partial charge on any atom is 0.160 e. The van der Waals surface area contributed by atoms with E-state index in [0.717, 1.165) is 27.8 Å².